The van der Waals surface area contributed by atoms with Crippen LogP contribution in [0.15, 0.2) is 247 Å². The molecule has 2 aromatic heterocycles. The third-order valence-electron chi connectivity index (χ3n) is 13.8. The van der Waals surface area contributed by atoms with E-state index in [0.717, 1.165) is 117 Å². The minimum Gasteiger partial charge on any atom is -0.455 e. The summed E-state index contributed by atoms with van der Waals surface area (Å²) < 4.78 is 15.6. The van der Waals surface area contributed by atoms with Crippen molar-refractivity contribution in [3.8, 4) is 61.7 Å². The quantitative estimate of drug-likeness (QED) is 0.160. The van der Waals surface area contributed by atoms with Crippen LogP contribution >= 0.6 is 0 Å². The minimum atomic E-state index is 0.856. The van der Waals surface area contributed by atoms with Gasteiger partial charge in [-0.2, -0.15) is 0 Å². The van der Waals surface area contributed by atoms with Gasteiger partial charge in [0.1, 0.15) is 11.2 Å². The van der Waals surface area contributed by atoms with Crippen LogP contribution in [-0.2, 0) is 0 Å². The Hall–Kier alpha value is -9.12. The van der Waals surface area contributed by atoms with Gasteiger partial charge in [-0.05, 0) is 105 Å². The summed E-state index contributed by atoms with van der Waals surface area (Å²) in [5.74, 6) is 1.72. The number of ether oxygens (including phenoxy) is 1. The molecule has 0 unspecified atom stereocenters. The van der Waals surface area contributed by atoms with E-state index in [2.05, 4.69) is 240 Å². The van der Waals surface area contributed by atoms with E-state index in [1.165, 1.54) is 16.5 Å². The monoisotopic (exact) mass is 868 g/mol. The molecule has 0 amide bonds. The van der Waals surface area contributed by atoms with Crippen molar-refractivity contribution in [2.45, 2.75) is 0 Å². The Morgan fingerprint density at radius 1 is 0.368 bits per heavy atom. The number of anilines is 3. The molecule has 0 N–H and O–H groups in total. The largest absolute Gasteiger partial charge is 0.455 e. The molecule has 14 rings (SSSR count). The molecule has 0 saturated carbocycles. The van der Waals surface area contributed by atoms with E-state index >= 15 is 0 Å². The second-order valence-electron chi connectivity index (χ2n) is 17.6. The molecule has 11 aromatic carbocycles. The van der Waals surface area contributed by atoms with Gasteiger partial charge in [0.2, 0.25) is 0 Å². The second-order valence-corrected chi connectivity index (χ2v) is 17.6. The van der Waals surface area contributed by atoms with E-state index in [1.54, 1.807) is 0 Å². The van der Waals surface area contributed by atoms with Crippen molar-refractivity contribution in [3.05, 3.63) is 243 Å². The molecule has 0 fully saturated rings. The van der Waals surface area contributed by atoms with Crippen LogP contribution in [0.2, 0.25) is 0 Å². The van der Waals surface area contributed by atoms with Gasteiger partial charge in [-0.15, -0.1) is 0 Å². The number of rotatable bonds is 7. The summed E-state index contributed by atoms with van der Waals surface area (Å²) in [5.41, 5.74) is 17.3. The van der Waals surface area contributed by atoms with Crippen LogP contribution in [-0.4, -0.2) is 4.57 Å². The molecule has 0 saturated heterocycles. The van der Waals surface area contributed by atoms with Gasteiger partial charge in [-0.1, -0.05) is 176 Å². The van der Waals surface area contributed by atoms with Gasteiger partial charge in [0.25, 0.3) is 0 Å². The van der Waals surface area contributed by atoms with Crippen molar-refractivity contribution in [1.82, 2.24) is 4.57 Å². The van der Waals surface area contributed by atoms with Crippen LogP contribution in [0, 0.1) is 0 Å². The highest BCUT2D eigenvalue weighted by atomic mass is 16.5. The summed E-state index contributed by atoms with van der Waals surface area (Å²) in [6.45, 7) is 0. The highest BCUT2D eigenvalue weighted by molar-refractivity contribution is 6.20. The smallest absolute Gasteiger partial charge is 0.152 e. The molecule has 0 spiro atoms. The summed E-state index contributed by atoms with van der Waals surface area (Å²) in [4.78, 5) is 2.46. The number of para-hydroxylation sites is 5. The molecular formula is C64H40N2O2. The normalized spacial score (nSPS) is 11.9. The average Bonchev–Trinajstić information content (AvgIpc) is 3.97. The van der Waals surface area contributed by atoms with Crippen LogP contribution in [0.3, 0.4) is 0 Å². The highest BCUT2D eigenvalue weighted by Crippen LogP contribution is 2.51. The lowest BCUT2D eigenvalue weighted by atomic mass is 9.92. The van der Waals surface area contributed by atoms with Gasteiger partial charge >= 0.3 is 0 Å². The fourth-order valence-corrected chi connectivity index (χ4v) is 10.8. The summed E-state index contributed by atoms with van der Waals surface area (Å²) in [6.07, 6.45) is 0. The molecule has 4 nitrogen and oxygen atoms in total. The Kier molecular flexibility index (Phi) is 8.55. The van der Waals surface area contributed by atoms with Gasteiger partial charge in [0.05, 0.1) is 28.1 Å². The number of hydrogen-bond acceptors (Lipinski definition) is 3. The van der Waals surface area contributed by atoms with Crippen molar-refractivity contribution >= 4 is 71.6 Å². The van der Waals surface area contributed by atoms with Crippen molar-refractivity contribution in [2.75, 3.05) is 4.90 Å². The molecule has 68 heavy (non-hydrogen) atoms. The van der Waals surface area contributed by atoms with E-state index in [4.69, 9.17) is 9.15 Å². The lowest BCUT2D eigenvalue weighted by Gasteiger charge is -2.31. The minimum absolute atomic E-state index is 0.856. The Morgan fingerprint density at radius 3 is 1.88 bits per heavy atom. The fourth-order valence-electron chi connectivity index (χ4n) is 10.8. The molecule has 0 bridgehead atoms. The molecule has 0 radical (unpaired) electrons. The Labute approximate surface area is 392 Å². The van der Waals surface area contributed by atoms with Crippen LogP contribution in [0.4, 0.5) is 17.1 Å². The first kappa shape index (κ1) is 38.2. The zero-order valence-corrected chi connectivity index (χ0v) is 36.8. The molecule has 0 aliphatic carbocycles. The molecule has 1 aliphatic rings. The maximum absolute atomic E-state index is 6.78. The summed E-state index contributed by atoms with van der Waals surface area (Å²) >= 11 is 0. The molecule has 1 aliphatic heterocycles. The lowest BCUT2D eigenvalue weighted by Crippen LogP contribution is -2.13. The van der Waals surface area contributed by atoms with Crippen LogP contribution < -0.4 is 9.64 Å². The molecule has 0 atom stereocenters. The van der Waals surface area contributed by atoms with Gasteiger partial charge in [-0.3, -0.25) is 0 Å². The molecule has 318 valence electrons. The van der Waals surface area contributed by atoms with E-state index in [1.807, 2.05) is 12.1 Å². The zero-order chi connectivity index (χ0) is 44.7. The van der Waals surface area contributed by atoms with Crippen LogP contribution in [0.5, 0.6) is 11.5 Å². The average molecular weight is 869 g/mol. The van der Waals surface area contributed by atoms with E-state index in [9.17, 15) is 0 Å². The van der Waals surface area contributed by atoms with Gasteiger partial charge in [0, 0.05) is 43.7 Å². The predicted octanol–water partition coefficient (Wildman–Crippen LogP) is 18.1. The number of aromatic nitrogens is 1. The zero-order valence-electron chi connectivity index (χ0n) is 36.8. The second kappa shape index (κ2) is 15.2. The molecule has 4 heteroatoms. The highest BCUT2D eigenvalue weighted by Gasteiger charge is 2.27. The number of fused-ring (bicyclic) bond motifs is 10. The van der Waals surface area contributed by atoms with Crippen molar-refractivity contribution in [1.29, 1.82) is 0 Å². The number of furan rings is 1. The molecule has 13 aromatic rings. The van der Waals surface area contributed by atoms with Gasteiger partial charge < -0.3 is 18.6 Å². The van der Waals surface area contributed by atoms with E-state index in [0.29, 0.717) is 0 Å². The van der Waals surface area contributed by atoms with Gasteiger partial charge in [0.15, 0.2) is 11.5 Å². The topological polar surface area (TPSA) is 30.5 Å². The third-order valence-corrected chi connectivity index (χ3v) is 13.8. The standard InChI is InChI=1S/C64H40N2O2/c1-3-17-41(18-4-1)46-37-35-45(40-53(46)42-19-5-2-6-20-42)65(56-28-12-10-24-49(56)50-25-15-31-60-62(50)52-36-33-43-21-7-8-23-48(43)64(52)68-60)55-27-11-9-22-47(55)44-34-38-57-54(39-44)51-26-16-32-61-63(51)66(57)58-29-13-14-30-59(58)67-61/h1-40H. The third kappa shape index (κ3) is 5.87. The van der Waals surface area contributed by atoms with Gasteiger partial charge in [-0.25, -0.2) is 0 Å². The maximum atomic E-state index is 6.78. The first-order valence-electron chi connectivity index (χ1n) is 23.2. The summed E-state index contributed by atoms with van der Waals surface area (Å²) in [5, 5.41) is 6.80. The summed E-state index contributed by atoms with van der Waals surface area (Å²) in [6, 6.07) is 87.1. The lowest BCUT2D eigenvalue weighted by molar-refractivity contribution is 0.476. The van der Waals surface area contributed by atoms with E-state index < -0.39 is 0 Å². The predicted molar refractivity (Wildman–Crippen MR) is 282 cm³/mol. The molecule has 3 heterocycles. The van der Waals surface area contributed by atoms with Crippen molar-refractivity contribution in [2.24, 2.45) is 0 Å². The van der Waals surface area contributed by atoms with Crippen LogP contribution in [0.25, 0.3) is 105 Å². The number of benzene rings is 11. The van der Waals surface area contributed by atoms with E-state index in [-0.39, 0.29) is 0 Å². The van der Waals surface area contributed by atoms with Crippen LogP contribution in [0.1, 0.15) is 0 Å². The fraction of sp³-hybridized carbons (Fsp3) is 0. The number of nitrogens with zero attached hydrogens (tertiary/aromatic N) is 2. The summed E-state index contributed by atoms with van der Waals surface area (Å²) in [7, 11) is 0. The Balaban J connectivity index is 1.03. The SMILES string of the molecule is c1ccc(-c2ccc(N(c3ccccc3-c3ccc4c(c3)c3cccc5c3n4-c3ccccc3O5)c3ccccc3-c3cccc4oc5c6ccccc6ccc5c34)cc2-c2ccccc2)cc1. The Morgan fingerprint density at radius 2 is 1.03 bits per heavy atom. The first-order chi connectivity index (χ1) is 33.7. The first-order valence-corrected chi connectivity index (χ1v) is 23.2. The maximum Gasteiger partial charge on any atom is 0.152 e. The molecular weight excluding hydrogens is 829 g/mol. The van der Waals surface area contributed by atoms with Crippen molar-refractivity contribution < 1.29 is 9.15 Å². The number of hydrogen-bond donors (Lipinski definition) is 0. The van der Waals surface area contributed by atoms with Crippen molar-refractivity contribution in [3.63, 3.8) is 0 Å². The Bertz CT molecular complexity index is 4130.